The molecule has 1 aliphatic heterocycles. The summed E-state index contributed by atoms with van der Waals surface area (Å²) in [5.74, 6) is 0.0157. The molecule has 15 heteroatoms. The van der Waals surface area contributed by atoms with Gasteiger partial charge in [0.05, 0.1) is 35.9 Å². The van der Waals surface area contributed by atoms with E-state index in [0.29, 0.717) is 28.4 Å². The molecule has 4 heterocycles. The monoisotopic (exact) mass is 672 g/mol. The van der Waals surface area contributed by atoms with Gasteiger partial charge in [-0.2, -0.15) is 18.3 Å². The fraction of sp³-hybridized carbons (Fsp3) is 0.379. The molecule has 11 nitrogen and oxygen atoms in total. The van der Waals surface area contributed by atoms with Crippen LogP contribution < -0.4 is 16.0 Å². The molecular formula is C29H28BrF3N8O3. The third-order valence-electron chi connectivity index (χ3n) is 7.82. The van der Waals surface area contributed by atoms with Crippen molar-refractivity contribution in [1.82, 2.24) is 34.2 Å². The van der Waals surface area contributed by atoms with Gasteiger partial charge in [0.1, 0.15) is 6.10 Å². The summed E-state index contributed by atoms with van der Waals surface area (Å²) >= 11 is 2.92. The Morgan fingerprint density at radius 2 is 1.84 bits per heavy atom. The number of halogens is 4. The fourth-order valence-corrected chi connectivity index (χ4v) is 5.97. The molecule has 1 atom stereocenters. The summed E-state index contributed by atoms with van der Waals surface area (Å²) in [4.78, 5) is 42.6. The Bertz CT molecular complexity index is 1820. The highest BCUT2D eigenvalue weighted by Gasteiger charge is 2.36. The number of hydrogen-bond donors (Lipinski definition) is 1. The van der Waals surface area contributed by atoms with E-state index >= 15 is 0 Å². The first-order valence-corrected chi connectivity index (χ1v) is 14.7. The minimum Gasteiger partial charge on any atom is -0.487 e. The summed E-state index contributed by atoms with van der Waals surface area (Å²) in [5.41, 5.74) is 6.38. The van der Waals surface area contributed by atoms with E-state index < -0.39 is 29.2 Å². The second-order valence-corrected chi connectivity index (χ2v) is 12.0. The van der Waals surface area contributed by atoms with Crippen LogP contribution in [-0.4, -0.2) is 58.3 Å². The van der Waals surface area contributed by atoms with Gasteiger partial charge in [-0.25, -0.2) is 24.2 Å². The number of ether oxygens (including phenoxy) is 1. The Kier molecular flexibility index (Phi) is 7.56. The van der Waals surface area contributed by atoms with Gasteiger partial charge >= 0.3 is 6.18 Å². The van der Waals surface area contributed by atoms with Crippen molar-refractivity contribution in [2.24, 2.45) is 5.73 Å². The maximum atomic E-state index is 14.1. The highest BCUT2D eigenvalue weighted by molar-refractivity contribution is 9.10. The van der Waals surface area contributed by atoms with E-state index in [4.69, 9.17) is 15.5 Å². The van der Waals surface area contributed by atoms with Crippen LogP contribution in [0.15, 0.2) is 45.9 Å². The molecule has 1 aliphatic carbocycles. The van der Waals surface area contributed by atoms with Gasteiger partial charge in [-0.3, -0.25) is 9.59 Å². The number of carbonyl (C=O) groups excluding carboxylic acids is 1. The number of alkyl halides is 3. The van der Waals surface area contributed by atoms with Crippen molar-refractivity contribution < 1.29 is 22.7 Å². The fourth-order valence-electron chi connectivity index (χ4n) is 5.49. The number of aromatic nitrogens is 6. The maximum absolute atomic E-state index is 14.1. The Morgan fingerprint density at radius 3 is 2.45 bits per heavy atom. The van der Waals surface area contributed by atoms with E-state index in [0.717, 1.165) is 18.9 Å². The lowest BCUT2D eigenvalue weighted by atomic mass is 9.90. The van der Waals surface area contributed by atoms with Crippen molar-refractivity contribution in [2.45, 2.75) is 70.9 Å². The predicted molar refractivity (Wildman–Crippen MR) is 156 cm³/mol. The number of rotatable bonds is 5. The molecule has 1 saturated carbocycles. The van der Waals surface area contributed by atoms with Crippen LogP contribution in [0.25, 0.3) is 11.9 Å². The van der Waals surface area contributed by atoms with Gasteiger partial charge in [-0.05, 0) is 64.3 Å². The lowest BCUT2D eigenvalue weighted by Gasteiger charge is -2.34. The summed E-state index contributed by atoms with van der Waals surface area (Å²) < 4.78 is 49.1. The zero-order valence-electron chi connectivity index (χ0n) is 24.0. The lowest BCUT2D eigenvalue weighted by molar-refractivity contribution is -0.138. The number of benzene rings is 1. The second kappa shape index (κ2) is 11.1. The Hall–Kier alpha value is -4.11. The van der Waals surface area contributed by atoms with Crippen LogP contribution in [0.4, 0.5) is 13.2 Å². The van der Waals surface area contributed by atoms with Crippen LogP contribution in [-0.2, 0) is 19.1 Å². The Balaban J connectivity index is 1.39. The molecule has 44 heavy (non-hydrogen) atoms. The normalized spacial score (nSPS) is 19.8. The zero-order valence-corrected chi connectivity index (χ0v) is 25.6. The minimum atomic E-state index is -4.65. The first-order valence-electron chi connectivity index (χ1n) is 13.9. The molecular weight excluding hydrogens is 645 g/mol. The van der Waals surface area contributed by atoms with Gasteiger partial charge in [0.2, 0.25) is 11.9 Å². The van der Waals surface area contributed by atoms with E-state index in [1.165, 1.54) is 38.7 Å². The molecule has 1 fully saturated rings. The first kappa shape index (κ1) is 29.9. The topological polar surface area (TPSA) is 134 Å². The van der Waals surface area contributed by atoms with E-state index in [1.807, 2.05) is 6.07 Å². The molecule has 3 aromatic heterocycles. The Morgan fingerprint density at radius 1 is 1.14 bits per heavy atom. The predicted octanol–water partition coefficient (Wildman–Crippen LogP) is 4.06. The smallest absolute Gasteiger partial charge is 0.417 e. The second-order valence-electron chi connectivity index (χ2n) is 11.2. The number of carbonyl (C=O) groups is 1. The van der Waals surface area contributed by atoms with Crippen molar-refractivity contribution in [1.29, 1.82) is 0 Å². The van der Waals surface area contributed by atoms with E-state index in [9.17, 15) is 22.8 Å². The van der Waals surface area contributed by atoms with Gasteiger partial charge in [-0.15, -0.1) is 0 Å². The summed E-state index contributed by atoms with van der Waals surface area (Å²) in [5, 5.41) is 4.51. The van der Waals surface area contributed by atoms with E-state index in [-0.39, 0.29) is 47.0 Å². The molecule has 1 aromatic carbocycles. The number of nitrogens with zero attached hydrogens (tertiary/aromatic N) is 7. The molecule has 230 valence electrons. The molecule has 0 spiro atoms. The van der Waals surface area contributed by atoms with Crippen molar-refractivity contribution in [3.63, 3.8) is 0 Å². The van der Waals surface area contributed by atoms with Crippen LogP contribution >= 0.6 is 15.9 Å². The lowest BCUT2D eigenvalue weighted by Crippen LogP contribution is -2.46. The maximum Gasteiger partial charge on any atom is 0.417 e. The molecule has 2 N–H and O–H groups in total. The standard InChI is InChI=1S/C29H28BrF3N8O3/c1-14-6-16(3)41(38-14)28-37-24-13-39(25(42)17-4-5-23(30)22(8-17)29(31,32)33)15(2)7-21(24)26(43)40(28)27-35-11-20(12-36-27)44-19-9-18(34)10-19/h4-6,8,11-12,15,18-19H,7,9-10,13,34H2,1-3H3/t15-,18-,19-/m1/s1. The van der Waals surface area contributed by atoms with Crippen LogP contribution in [0.3, 0.4) is 0 Å². The molecule has 1 amide bonds. The van der Waals surface area contributed by atoms with Gasteiger partial charge in [0.25, 0.3) is 11.5 Å². The first-order chi connectivity index (χ1) is 20.8. The van der Waals surface area contributed by atoms with Crippen LogP contribution in [0, 0.1) is 13.8 Å². The molecule has 6 rings (SSSR count). The Labute approximate surface area is 258 Å². The van der Waals surface area contributed by atoms with E-state index in [2.05, 4.69) is 31.0 Å². The highest BCUT2D eigenvalue weighted by Crippen LogP contribution is 2.36. The number of nitrogens with two attached hydrogens (primary N) is 1. The third-order valence-corrected chi connectivity index (χ3v) is 8.51. The minimum absolute atomic E-state index is 0.0116. The number of fused-ring (bicyclic) bond motifs is 1. The van der Waals surface area contributed by atoms with Gasteiger partial charge in [-0.1, -0.05) is 15.9 Å². The van der Waals surface area contributed by atoms with Crippen molar-refractivity contribution in [3.8, 4) is 17.6 Å². The largest absolute Gasteiger partial charge is 0.487 e. The van der Waals surface area contributed by atoms with Gasteiger partial charge in [0, 0.05) is 33.4 Å². The summed E-state index contributed by atoms with van der Waals surface area (Å²) in [6, 6.07) is 4.78. The molecule has 0 saturated heterocycles. The van der Waals surface area contributed by atoms with Crippen LogP contribution in [0.5, 0.6) is 5.75 Å². The molecule has 0 bridgehead atoms. The van der Waals surface area contributed by atoms with Gasteiger partial charge < -0.3 is 15.4 Å². The van der Waals surface area contributed by atoms with Crippen LogP contribution in [0.2, 0.25) is 0 Å². The quantitative estimate of drug-likeness (QED) is 0.336. The van der Waals surface area contributed by atoms with Gasteiger partial charge in [0.15, 0.2) is 5.75 Å². The van der Waals surface area contributed by atoms with Crippen LogP contribution in [0.1, 0.15) is 58.3 Å². The molecule has 2 aliphatic rings. The molecule has 0 radical (unpaired) electrons. The zero-order chi connectivity index (χ0) is 31.5. The number of amides is 1. The third kappa shape index (κ3) is 5.49. The number of aryl methyl sites for hydroxylation is 2. The summed E-state index contributed by atoms with van der Waals surface area (Å²) in [6.07, 6.45) is -0.0902. The van der Waals surface area contributed by atoms with Crippen molar-refractivity contribution in [2.75, 3.05) is 0 Å². The summed E-state index contributed by atoms with van der Waals surface area (Å²) in [6.45, 7) is 5.25. The van der Waals surface area contributed by atoms with Crippen molar-refractivity contribution in [3.05, 3.63) is 85.3 Å². The summed E-state index contributed by atoms with van der Waals surface area (Å²) in [7, 11) is 0. The van der Waals surface area contributed by atoms with Crippen molar-refractivity contribution >= 4 is 21.8 Å². The number of hydrogen-bond acceptors (Lipinski definition) is 8. The average molecular weight is 673 g/mol. The SMILES string of the molecule is Cc1cc(C)n(-c2nc3c(c(=O)n2-c2ncc(O[C@H]4C[C@H](N)C4)cn2)C[C@@H](C)N(C(=O)c2ccc(Br)c(C(F)(F)F)c2)C3)n1. The highest BCUT2D eigenvalue weighted by atomic mass is 79.9. The molecule has 4 aromatic rings. The average Bonchev–Trinajstić information content (AvgIpc) is 3.29. The van der Waals surface area contributed by atoms with E-state index in [1.54, 1.807) is 20.8 Å². The molecule has 0 unspecified atom stereocenters.